The number of hydrogen-bond acceptors (Lipinski definition) is 5. The van der Waals surface area contributed by atoms with Crippen LogP contribution < -0.4 is 9.47 Å². The molecule has 2 atom stereocenters. The van der Waals surface area contributed by atoms with Crippen LogP contribution in [-0.4, -0.2) is 17.8 Å². The molecule has 0 saturated heterocycles. The van der Waals surface area contributed by atoms with Gasteiger partial charge in [0.1, 0.15) is 11.5 Å². The summed E-state index contributed by atoms with van der Waals surface area (Å²) in [7, 11) is 1.65. The summed E-state index contributed by atoms with van der Waals surface area (Å²) < 4.78 is 17.5. The van der Waals surface area contributed by atoms with Gasteiger partial charge in [0, 0.05) is 22.6 Å². The van der Waals surface area contributed by atoms with Crippen LogP contribution in [0.3, 0.4) is 0 Å². The Balaban J connectivity index is 1.64. The van der Waals surface area contributed by atoms with E-state index in [9.17, 15) is 0 Å². The molecule has 3 heterocycles. The molecule has 5 rings (SSSR count). The fourth-order valence-electron chi connectivity index (χ4n) is 3.72. The smallest absolute Gasteiger partial charge is 0.214 e. The number of ether oxygens (including phenoxy) is 2. The van der Waals surface area contributed by atoms with Gasteiger partial charge in [0.05, 0.1) is 19.4 Å². The quantitative estimate of drug-likeness (QED) is 0.627. The Kier molecular flexibility index (Phi) is 3.83. The molecule has 0 bridgehead atoms. The largest absolute Gasteiger partial charge is 0.493 e. The maximum Gasteiger partial charge on any atom is 0.214 e. The first kappa shape index (κ1) is 16.3. The minimum atomic E-state index is -0.398. The Morgan fingerprint density at radius 2 is 2.04 bits per heavy atom. The van der Waals surface area contributed by atoms with E-state index in [1.807, 2.05) is 53.5 Å². The number of furan rings is 1. The van der Waals surface area contributed by atoms with Gasteiger partial charge in [-0.1, -0.05) is 35.9 Å². The molecule has 0 amide bonds. The zero-order valence-electron chi connectivity index (χ0n) is 14.6. The van der Waals surface area contributed by atoms with Crippen molar-refractivity contribution in [2.45, 2.75) is 18.7 Å². The van der Waals surface area contributed by atoms with Crippen LogP contribution in [0.15, 0.2) is 70.4 Å². The van der Waals surface area contributed by atoms with Gasteiger partial charge >= 0.3 is 0 Å². The highest BCUT2D eigenvalue weighted by molar-refractivity contribution is 6.30. The SMILES string of the molecule is COc1cccc2c1OC(c1cccc(Cl)c1)N1N=C(c3ccco3)CC21. The third kappa shape index (κ3) is 2.66. The number of nitrogens with zero attached hydrogens (tertiary/aromatic N) is 2. The summed E-state index contributed by atoms with van der Waals surface area (Å²) in [6.45, 7) is 0. The average molecular weight is 381 g/mol. The molecule has 2 unspecified atom stereocenters. The lowest BCUT2D eigenvalue weighted by molar-refractivity contribution is -0.0209. The lowest BCUT2D eigenvalue weighted by atomic mass is 9.97. The Morgan fingerprint density at radius 3 is 2.81 bits per heavy atom. The van der Waals surface area contributed by atoms with Crippen LogP contribution in [0.2, 0.25) is 5.02 Å². The van der Waals surface area contributed by atoms with E-state index in [1.54, 1.807) is 13.4 Å². The molecule has 3 aromatic rings. The molecule has 2 aromatic carbocycles. The monoisotopic (exact) mass is 380 g/mol. The minimum Gasteiger partial charge on any atom is -0.493 e. The highest BCUT2D eigenvalue weighted by Crippen LogP contribution is 2.50. The fraction of sp³-hybridized carbons (Fsp3) is 0.190. The third-order valence-corrected chi connectivity index (χ3v) is 5.17. The number of rotatable bonds is 3. The van der Waals surface area contributed by atoms with E-state index >= 15 is 0 Å². The molecule has 27 heavy (non-hydrogen) atoms. The van der Waals surface area contributed by atoms with E-state index in [1.165, 1.54) is 0 Å². The Labute approximate surface area is 161 Å². The van der Waals surface area contributed by atoms with E-state index in [2.05, 4.69) is 6.07 Å². The summed E-state index contributed by atoms with van der Waals surface area (Å²) >= 11 is 6.23. The second-order valence-corrected chi connectivity index (χ2v) is 6.96. The molecule has 6 heteroatoms. The number of para-hydroxylation sites is 1. The van der Waals surface area contributed by atoms with Gasteiger partial charge in [-0.3, -0.25) is 0 Å². The van der Waals surface area contributed by atoms with Crippen LogP contribution in [0.4, 0.5) is 0 Å². The highest BCUT2D eigenvalue weighted by atomic mass is 35.5. The van der Waals surface area contributed by atoms with Crippen molar-refractivity contribution in [1.29, 1.82) is 0 Å². The van der Waals surface area contributed by atoms with E-state index < -0.39 is 6.23 Å². The molecule has 0 saturated carbocycles. The van der Waals surface area contributed by atoms with E-state index in [0.717, 1.165) is 34.8 Å². The molecule has 0 radical (unpaired) electrons. The van der Waals surface area contributed by atoms with Crippen molar-refractivity contribution >= 4 is 17.3 Å². The molecule has 0 spiro atoms. The van der Waals surface area contributed by atoms with Gasteiger partial charge in [-0.15, -0.1) is 0 Å². The van der Waals surface area contributed by atoms with Crippen LogP contribution in [0, 0.1) is 0 Å². The van der Waals surface area contributed by atoms with Crippen molar-refractivity contribution in [3.05, 3.63) is 82.8 Å². The molecule has 0 fully saturated rings. The fourth-order valence-corrected chi connectivity index (χ4v) is 3.91. The Morgan fingerprint density at radius 1 is 1.15 bits per heavy atom. The minimum absolute atomic E-state index is 0.0351. The van der Waals surface area contributed by atoms with Crippen molar-refractivity contribution in [2.75, 3.05) is 7.11 Å². The van der Waals surface area contributed by atoms with Gasteiger partial charge < -0.3 is 13.9 Å². The van der Waals surface area contributed by atoms with Crippen molar-refractivity contribution in [3.63, 3.8) is 0 Å². The number of hydrazone groups is 1. The standard InChI is InChI=1S/C21H17ClN2O3/c1-25-19-8-3-7-15-17-12-16(18-9-4-10-26-18)23-24(17)21(27-20(15)19)13-5-2-6-14(22)11-13/h2-11,17,21H,12H2,1H3. The maximum atomic E-state index is 6.38. The van der Waals surface area contributed by atoms with Crippen LogP contribution in [0.5, 0.6) is 11.5 Å². The molecule has 136 valence electrons. The lowest BCUT2D eigenvalue weighted by Gasteiger charge is -2.38. The molecule has 2 aliphatic heterocycles. The molecule has 2 aliphatic rings. The van der Waals surface area contributed by atoms with Gasteiger partial charge in [-0.05, 0) is 30.3 Å². The van der Waals surface area contributed by atoms with Gasteiger partial charge in [0.25, 0.3) is 0 Å². The van der Waals surface area contributed by atoms with Crippen LogP contribution >= 0.6 is 11.6 Å². The van der Waals surface area contributed by atoms with E-state index in [0.29, 0.717) is 10.8 Å². The van der Waals surface area contributed by atoms with Gasteiger partial charge in [-0.2, -0.15) is 5.10 Å². The maximum absolute atomic E-state index is 6.38. The molecule has 1 aromatic heterocycles. The highest BCUT2D eigenvalue weighted by Gasteiger charge is 2.42. The third-order valence-electron chi connectivity index (χ3n) is 4.94. The van der Waals surface area contributed by atoms with Gasteiger partial charge in [-0.25, -0.2) is 5.01 Å². The van der Waals surface area contributed by atoms with Crippen molar-refractivity contribution in [2.24, 2.45) is 5.10 Å². The molecular formula is C21H17ClN2O3. The van der Waals surface area contributed by atoms with Crippen LogP contribution in [0.1, 0.15) is 35.6 Å². The zero-order valence-corrected chi connectivity index (χ0v) is 15.4. The van der Waals surface area contributed by atoms with Crippen LogP contribution in [-0.2, 0) is 0 Å². The summed E-state index contributed by atoms with van der Waals surface area (Å²) in [5.41, 5.74) is 2.89. The number of hydrogen-bond donors (Lipinski definition) is 0. The molecule has 5 nitrogen and oxygen atoms in total. The second kappa shape index (κ2) is 6.35. The molecule has 0 N–H and O–H groups in total. The van der Waals surface area contributed by atoms with Gasteiger partial charge in [0.15, 0.2) is 11.5 Å². The van der Waals surface area contributed by atoms with Gasteiger partial charge in [0.2, 0.25) is 6.23 Å². The average Bonchev–Trinajstić information content (AvgIpc) is 3.36. The Hall–Kier alpha value is -2.92. The van der Waals surface area contributed by atoms with Crippen LogP contribution in [0.25, 0.3) is 0 Å². The van der Waals surface area contributed by atoms with Crippen molar-refractivity contribution < 1.29 is 13.9 Å². The molecule has 0 aliphatic carbocycles. The van der Waals surface area contributed by atoms with Crippen molar-refractivity contribution in [3.8, 4) is 11.5 Å². The number of fused-ring (bicyclic) bond motifs is 3. The second-order valence-electron chi connectivity index (χ2n) is 6.53. The Bertz CT molecular complexity index is 1020. The number of halogens is 1. The first-order valence-electron chi connectivity index (χ1n) is 8.73. The number of methoxy groups -OCH3 is 1. The first-order valence-corrected chi connectivity index (χ1v) is 9.11. The zero-order chi connectivity index (χ0) is 18.4. The van der Waals surface area contributed by atoms with E-state index in [-0.39, 0.29) is 6.04 Å². The summed E-state index contributed by atoms with van der Waals surface area (Å²) in [6.07, 6.45) is 2.00. The summed E-state index contributed by atoms with van der Waals surface area (Å²) in [5, 5.41) is 7.49. The van der Waals surface area contributed by atoms with E-state index in [4.69, 9.17) is 30.6 Å². The summed E-state index contributed by atoms with van der Waals surface area (Å²) in [6, 6.07) is 17.4. The molecular weight excluding hydrogens is 364 g/mol. The first-order chi connectivity index (χ1) is 13.2. The van der Waals surface area contributed by atoms with Crippen molar-refractivity contribution in [1.82, 2.24) is 5.01 Å². The normalized spacial score (nSPS) is 20.5. The lowest BCUT2D eigenvalue weighted by Crippen LogP contribution is -2.33. The number of benzene rings is 2. The predicted molar refractivity (Wildman–Crippen MR) is 102 cm³/mol. The topological polar surface area (TPSA) is 47.2 Å². The summed E-state index contributed by atoms with van der Waals surface area (Å²) in [4.78, 5) is 0. The summed E-state index contributed by atoms with van der Waals surface area (Å²) in [5.74, 6) is 2.24. The predicted octanol–water partition coefficient (Wildman–Crippen LogP) is 5.18.